The molecular formula is C21H33N5O. The standard InChI is InChI=1S/C21H33N5O/c1-18-7-5-6-8-19(18)13-24-9-11-25(12-10-24)14-21(27,20(2,3)4)15-26-17-22-16-23-26/h5-8,16-17,27H,9-15H2,1-4H3. The third-order valence-corrected chi connectivity index (χ3v) is 5.89. The first-order chi connectivity index (χ1) is 12.8. The lowest BCUT2D eigenvalue weighted by atomic mass is 9.76. The molecule has 1 aliphatic heterocycles. The molecule has 0 spiro atoms. The quantitative estimate of drug-likeness (QED) is 0.843. The first-order valence-electron chi connectivity index (χ1n) is 9.81. The molecule has 3 rings (SSSR count). The van der Waals surface area contributed by atoms with Crippen LogP contribution in [0, 0.1) is 12.3 Å². The molecule has 1 aromatic heterocycles. The highest BCUT2D eigenvalue weighted by molar-refractivity contribution is 5.25. The van der Waals surface area contributed by atoms with Gasteiger partial charge in [-0.1, -0.05) is 45.0 Å². The first-order valence-corrected chi connectivity index (χ1v) is 9.81. The number of aryl methyl sites for hydroxylation is 1. The minimum Gasteiger partial charge on any atom is -0.386 e. The predicted octanol–water partition coefficient (Wildman–Crippen LogP) is 2.18. The van der Waals surface area contributed by atoms with Crippen molar-refractivity contribution in [3.8, 4) is 0 Å². The zero-order chi connectivity index (χ0) is 19.5. The number of β-amino-alcohol motifs (C(OH)–C–C–N with tert-alkyl or cyclic N) is 1. The van der Waals surface area contributed by atoms with E-state index in [0.29, 0.717) is 13.1 Å². The molecule has 1 aromatic carbocycles. The zero-order valence-corrected chi connectivity index (χ0v) is 17.1. The molecule has 0 amide bonds. The van der Waals surface area contributed by atoms with Crippen molar-refractivity contribution in [2.45, 2.75) is 46.4 Å². The fraction of sp³-hybridized carbons (Fsp3) is 0.619. The van der Waals surface area contributed by atoms with Gasteiger partial charge in [0.2, 0.25) is 0 Å². The molecule has 1 atom stereocenters. The van der Waals surface area contributed by atoms with Gasteiger partial charge in [-0.05, 0) is 23.5 Å². The number of rotatable bonds is 6. The van der Waals surface area contributed by atoms with E-state index < -0.39 is 5.60 Å². The van der Waals surface area contributed by atoms with E-state index in [2.05, 4.69) is 71.8 Å². The Balaban J connectivity index is 1.58. The van der Waals surface area contributed by atoms with Crippen molar-refractivity contribution in [1.82, 2.24) is 24.6 Å². The second-order valence-corrected chi connectivity index (χ2v) is 8.85. The molecule has 1 aliphatic rings. The normalized spacial score (nSPS) is 19.1. The van der Waals surface area contributed by atoms with Crippen LogP contribution in [0.3, 0.4) is 0 Å². The van der Waals surface area contributed by atoms with Gasteiger partial charge in [-0.3, -0.25) is 14.5 Å². The van der Waals surface area contributed by atoms with Gasteiger partial charge in [-0.25, -0.2) is 4.98 Å². The molecule has 0 aliphatic carbocycles. The lowest BCUT2D eigenvalue weighted by Crippen LogP contribution is -2.58. The Labute approximate surface area is 162 Å². The summed E-state index contributed by atoms with van der Waals surface area (Å²) in [7, 11) is 0. The second-order valence-electron chi connectivity index (χ2n) is 8.85. The maximum atomic E-state index is 11.5. The molecule has 0 saturated carbocycles. The largest absolute Gasteiger partial charge is 0.386 e. The molecule has 27 heavy (non-hydrogen) atoms. The minimum absolute atomic E-state index is 0.253. The van der Waals surface area contributed by atoms with Crippen LogP contribution in [0.25, 0.3) is 0 Å². The molecule has 6 nitrogen and oxygen atoms in total. The summed E-state index contributed by atoms with van der Waals surface area (Å²) in [5, 5.41) is 15.7. The number of piperazine rings is 1. The van der Waals surface area contributed by atoms with E-state index in [4.69, 9.17) is 0 Å². The van der Waals surface area contributed by atoms with Crippen LogP contribution < -0.4 is 0 Å². The Morgan fingerprint density at radius 1 is 1.00 bits per heavy atom. The van der Waals surface area contributed by atoms with E-state index in [0.717, 1.165) is 32.7 Å². The van der Waals surface area contributed by atoms with Crippen molar-refractivity contribution in [2.24, 2.45) is 5.41 Å². The summed E-state index contributed by atoms with van der Waals surface area (Å²) in [4.78, 5) is 8.90. The van der Waals surface area contributed by atoms with Crippen molar-refractivity contribution in [3.63, 3.8) is 0 Å². The topological polar surface area (TPSA) is 57.4 Å². The number of hydrogen-bond acceptors (Lipinski definition) is 5. The Morgan fingerprint density at radius 3 is 2.26 bits per heavy atom. The number of aromatic nitrogens is 3. The van der Waals surface area contributed by atoms with Gasteiger partial charge < -0.3 is 5.11 Å². The zero-order valence-electron chi connectivity index (χ0n) is 17.1. The average molecular weight is 372 g/mol. The van der Waals surface area contributed by atoms with E-state index in [1.165, 1.54) is 17.5 Å². The van der Waals surface area contributed by atoms with Crippen LogP contribution in [-0.4, -0.2) is 68.0 Å². The van der Waals surface area contributed by atoms with Crippen molar-refractivity contribution >= 4 is 0 Å². The summed E-state index contributed by atoms with van der Waals surface area (Å²) in [6, 6.07) is 8.61. The van der Waals surface area contributed by atoms with Gasteiger partial charge in [-0.2, -0.15) is 5.10 Å². The highest BCUT2D eigenvalue weighted by Crippen LogP contribution is 2.33. The van der Waals surface area contributed by atoms with E-state index in [1.807, 2.05) is 0 Å². The smallest absolute Gasteiger partial charge is 0.137 e. The molecule has 0 radical (unpaired) electrons. The summed E-state index contributed by atoms with van der Waals surface area (Å²) in [5.74, 6) is 0. The molecule has 148 valence electrons. The fourth-order valence-electron chi connectivity index (χ4n) is 3.61. The molecule has 2 aromatic rings. The Kier molecular flexibility index (Phi) is 5.99. The molecule has 1 N–H and O–H groups in total. The second kappa shape index (κ2) is 8.09. The number of aliphatic hydroxyl groups is 1. The van der Waals surface area contributed by atoms with E-state index in [-0.39, 0.29) is 5.41 Å². The summed E-state index contributed by atoms with van der Waals surface area (Å²) in [6.07, 6.45) is 3.20. The summed E-state index contributed by atoms with van der Waals surface area (Å²) in [5.41, 5.74) is 1.65. The Morgan fingerprint density at radius 2 is 1.67 bits per heavy atom. The molecule has 1 unspecified atom stereocenters. The highest BCUT2D eigenvalue weighted by Gasteiger charge is 2.42. The SMILES string of the molecule is Cc1ccccc1CN1CCN(CC(O)(Cn2cncn2)C(C)(C)C)CC1. The van der Waals surface area contributed by atoms with Gasteiger partial charge in [-0.15, -0.1) is 0 Å². The van der Waals surface area contributed by atoms with Crippen molar-refractivity contribution in [1.29, 1.82) is 0 Å². The molecule has 2 heterocycles. The van der Waals surface area contributed by atoms with Crippen LogP contribution in [0.1, 0.15) is 31.9 Å². The Bertz CT molecular complexity index is 716. The van der Waals surface area contributed by atoms with Crippen LogP contribution in [0.4, 0.5) is 0 Å². The third kappa shape index (κ3) is 4.94. The molecule has 0 bridgehead atoms. The van der Waals surface area contributed by atoms with Gasteiger partial charge in [0, 0.05) is 39.3 Å². The summed E-state index contributed by atoms with van der Waals surface area (Å²) >= 11 is 0. The van der Waals surface area contributed by atoms with E-state index >= 15 is 0 Å². The van der Waals surface area contributed by atoms with Crippen LogP contribution in [0.15, 0.2) is 36.9 Å². The third-order valence-electron chi connectivity index (χ3n) is 5.89. The number of nitrogens with zero attached hydrogens (tertiary/aromatic N) is 5. The predicted molar refractivity (Wildman–Crippen MR) is 107 cm³/mol. The Hall–Kier alpha value is -1.76. The maximum Gasteiger partial charge on any atom is 0.137 e. The van der Waals surface area contributed by atoms with Crippen LogP contribution in [0.2, 0.25) is 0 Å². The average Bonchev–Trinajstić information content (AvgIpc) is 3.10. The molecular weight excluding hydrogens is 338 g/mol. The summed E-state index contributed by atoms with van der Waals surface area (Å²) < 4.78 is 1.74. The van der Waals surface area contributed by atoms with Crippen LogP contribution >= 0.6 is 0 Å². The monoisotopic (exact) mass is 371 g/mol. The van der Waals surface area contributed by atoms with Gasteiger partial charge in [0.05, 0.1) is 6.54 Å². The van der Waals surface area contributed by atoms with Crippen molar-refractivity contribution in [2.75, 3.05) is 32.7 Å². The minimum atomic E-state index is -0.862. The number of hydrogen-bond donors (Lipinski definition) is 1. The number of benzene rings is 1. The van der Waals surface area contributed by atoms with Crippen molar-refractivity contribution in [3.05, 3.63) is 48.0 Å². The molecule has 1 saturated heterocycles. The van der Waals surface area contributed by atoms with E-state index in [9.17, 15) is 5.11 Å². The molecule has 1 fully saturated rings. The van der Waals surface area contributed by atoms with E-state index in [1.54, 1.807) is 11.0 Å². The van der Waals surface area contributed by atoms with Gasteiger partial charge >= 0.3 is 0 Å². The van der Waals surface area contributed by atoms with Gasteiger partial charge in [0.1, 0.15) is 18.3 Å². The highest BCUT2D eigenvalue weighted by atomic mass is 16.3. The van der Waals surface area contributed by atoms with Gasteiger partial charge in [0.15, 0.2) is 0 Å². The lowest BCUT2D eigenvalue weighted by molar-refractivity contribution is -0.0990. The van der Waals surface area contributed by atoms with Crippen molar-refractivity contribution < 1.29 is 5.11 Å². The summed E-state index contributed by atoms with van der Waals surface area (Å²) in [6.45, 7) is 14.6. The lowest BCUT2D eigenvalue weighted by Gasteiger charge is -2.45. The van der Waals surface area contributed by atoms with Crippen LogP contribution in [0.5, 0.6) is 0 Å². The van der Waals surface area contributed by atoms with Crippen LogP contribution in [-0.2, 0) is 13.1 Å². The molecule has 6 heteroatoms. The fourth-order valence-corrected chi connectivity index (χ4v) is 3.61. The maximum absolute atomic E-state index is 11.5. The van der Waals surface area contributed by atoms with Gasteiger partial charge in [0.25, 0.3) is 0 Å². The first kappa shape index (κ1) is 20.0.